The van der Waals surface area contributed by atoms with Crippen molar-refractivity contribution >= 4 is 22.7 Å². The minimum Gasteiger partial charge on any atom is -0.454 e. The van der Waals surface area contributed by atoms with E-state index in [-0.39, 0.29) is 12.1 Å². The van der Waals surface area contributed by atoms with Crippen molar-refractivity contribution in [2.24, 2.45) is 0 Å². The number of benzene rings is 2. The monoisotopic (exact) mass is 335 g/mol. The lowest BCUT2D eigenvalue weighted by atomic mass is 10.1. The smallest absolute Gasteiger partial charge is 0.338 e. The molecule has 0 bridgehead atoms. The molecule has 3 aromatic rings. The van der Waals surface area contributed by atoms with Crippen LogP contribution in [0.5, 0.6) is 5.75 Å². The van der Waals surface area contributed by atoms with Gasteiger partial charge < -0.3 is 9.47 Å². The van der Waals surface area contributed by atoms with E-state index in [9.17, 15) is 9.59 Å². The molecule has 0 aliphatic carbocycles. The maximum absolute atomic E-state index is 12.4. The molecule has 0 radical (unpaired) electrons. The lowest BCUT2D eigenvalue weighted by Crippen LogP contribution is -2.09. The SMILES string of the molecule is CC(=O)Oc1ccc2cc(C(=O)O[C@H](C)c3ccncc3)ccc2c1. The predicted octanol–water partition coefficient (Wildman–Crippen LogP) is 4.08. The summed E-state index contributed by atoms with van der Waals surface area (Å²) < 4.78 is 10.6. The van der Waals surface area contributed by atoms with Crippen molar-refractivity contribution in [3.05, 3.63) is 72.1 Å². The van der Waals surface area contributed by atoms with Crippen LogP contribution in [-0.2, 0) is 9.53 Å². The molecular weight excluding hydrogens is 318 g/mol. The highest BCUT2D eigenvalue weighted by Crippen LogP contribution is 2.24. The number of carbonyl (C=O) groups is 2. The summed E-state index contributed by atoms with van der Waals surface area (Å²) in [4.78, 5) is 27.4. The molecule has 126 valence electrons. The second-order valence-electron chi connectivity index (χ2n) is 5.65. The van der Waals surface area contributed by atoms with Crippen molar-refractivity contribution in [1.29, 1.82) is 0 Å². The second-order valence-corrected chi connectivity index (χ2v) is 5.65. The average molecular weight is 335 g/mol. The topological polar surface area (TPSA) is 65.5 Å². The predicted molar refractivity (Wildman–Crippen MR) is 93.3 cm³/mol. The van der Waals surface area contributed by atoms with Crippen LogP contribution in [0.4, 0.5) is 0 Å². The quantitative estimate of drug-likeness (QED) is 0.531. The Hall–Kier alpha value is -3.21. The molecule has 0 fully saturated rings. The Labute approximate surface area is 145 Å². The zero-order chi connectivity index (χ0) is 17.8. The number of pyridine rings is 1. The first-order chi connectivity index (χ1) is 12.0. The molecule has 2 aromatic carbocycles. The van der Waals surface area contributed by atoms with Crippen LogP contribution in [0, 0.1) is 0 Å². The Morgan fingerprint density at radius 3 is 2.36 bits per heavy atom. The lowest BCUT2D eigenvalue weighted by Gasteiger charge is -2.13. The number of aromatic nitrogens is 1. The van der Waals surface area contributed by atoms with Gasteiger partial charge in [0.1, 0.15) is 11.9 Å². The van der Waals surface area contributed by atoms with E-state index in [2.05, 4.69) is 4.98 Å². The van der Waals surface area contributed by atoms with Gasteiger partial charge >= 0.3 is 11.9 Å². The average Bonchev–Trinajstić information content (AvgIpc) is 2.61. The number of hydrogen-bond donors (Lipinski definition) is 0. The van der Waals surface area contributed by atoms with Crippen LogP contribution in [0.25, 0.3) is 10.8 Å². The molecule has 0 aliphatic rings. The number of hydrogen-bond acceptors (Lipinski definition) is 5. The van der Waals surface area contributed by atoms with Crippen LogP contribution in [-0.4, -0.2) is 16.9 Å². The van der Waals surface area contributed by atoms with Crippen molar-refractivity contribution < 1.29 is 19.1 Å². The number of rotatable bonds is 4. The molecular formula is C20H17NO4. The summed E-state index contributed by atoms with van der Waals surface area (Å²) in [5.74, 6) is -0.290. The summed E-state index contributed by atoms with van der Waals surface area (Å²) >= 11 is 0. The van der Waals surface area contributed by atoms with Crippen molar-refractivity contribution in [3.63, 3.8) is 0 Å². The zero-order valence-corrected chi connectivity index (χ0v) is 13.9. The first-order valence-electron chi connectivity index (χ1n) is 7.86. The van der Waals surface area contributed by atoms with Gasteiger partial charge in [0.2, 0.25) is 0 Å². The first-order valence-corrected chi connectivity index (χ1v) is 7.86. The molecule has 0 saturated heterocycles. The van der Waals surface area contributed by atoms with Crippen LogP contribution in [0.2, 0.25) is 0 Å². The van der Waals surface area contributed by atoms with Gasteiger partial charge in [-0.2, -0.15) is 0 Å². The van der Waals surface area contributed by atoms with Gasteiger partial charge in [-0.25, -0.2) is 4.79 Å². The fraction of sp³-hybridized carbons (Fsp3) is 0.150. The highest BCUT2D eigenvalue weighted by molar-refractivity contribution is 5.96. The van der Waals surface area contributed by atoms with Crippen LogP contribution in [0.3, 0.4) is 0 Å². The fourth-order valence-corrected chi connectivity index (χ4v) is 2.51. The Morgan fingerprint density at radius 1 is 0.960 bits per heavy atom. The van der Waals surface area contributed by atoms with E-state index in [1.165, 1.54) is 6.92 Å². The third-order valence-corrected chi connectivity index (χ3v) is 3.77. The number of nitrogens with zero attached hydrogens (tertiary/aromatic N) is 1. The van der Waals surface area contributed by atoms with E-state index in [0.717, 1.165) is 16.3 Å². The molecule has 5 nitrogen and oxygen atoms in total. The molecule has 0 aliphatic heterocycles. The third kappa shape index (κ3) is 4.01. The summed E-state index contributed by atoms with van der Waals surface area (Å²) in [6, 6.07) is 14.1. The Balaban J connectivity index is 1.79. The number of fused-ring (bicyclic) bond motifs is 1. The fourth-order valence-electron chi connectivity index (χ4n) is 2.51. The summed E-state index contributed by atoms with van der Waals surface area (Å²) in [5.41, 5.74) is 1.35. The summed E-state index contributed by atoms with van der Waals surface area (Å²) in [6.07, 6.45) is 2.96. The van der Waals surface area contributed by atoms with Gasteiger partial charge in [0, 0.05) is 19.3 Å². The molecule has 0 spiro atoms. The normalized spacial score (nSPS) is 11.8. The maximum Gasteiger partial charge on any atom is 0.338 e. The molecule has 1 atom stereocenters. The zero-order valence-electron chi connectivity index (χ0n) is 13.9. The Morgan fingerprint density at radius 2 is 1.64 bits per heavy atom. The van der Waals surface area contributed by atoms with Gasteiger partial charge in [-0.3, -0.25) is 9.78 Å². The molecule has 0 unspecified atom stereocenters. The van der Waals surface area contributed by atoms with Gasteiger partial charge in [-0.05, 0) is 59.7 Å². The van der Waals surface area contributed by atoms with E-state index in [0.29, 0.717) is 11.3 Å². The second kappa shape index (κ2) is 7.13. The molecule has 3 rings (SSSR count). The van der Waals surface area contributed by atoms with Crippen LogP contribution < -0.4 is 4.74 Å². The van der Waals surface area contributed by atoms with Crippen molar-refractivity contribution in [2.45, 2.75) is 20.0 Å². The molecule has 0 amide bonds. The number of carbonyl (C=O) groups excluding carboxylic acids is 2. The molecule has 25 heavy (non-hydrogen) atoms. The Bertz CT molecular complexity index is 921. The van der Waals surface area contributed by atoms with Gasteiger partial charge in [-0.15, -0.1) is 0 Å². The van der Waals surface area contributed by atoms with Crippen LogP contribution in [0.15, 0.2) is 60.9 Å². The van der Waals surface area contributed by atoms with Gasteiger partial charge in [0.05, 0.1) is 5.56 Å². The highest BCUT2D eigenvalue weighted by Gasteiger charge is 2.14. The van der Waals surface area contributed by atoms with Crippen molar-refractivity contribution in [3.8, 4) is 5.75 Å². The van der Waals surface area contributed by atoms with E-state index in [1.54, 1.807) is 48.8 Å². The summed E-state index contributed by atoms with van der Waals surface area (Å²) in [7, 11) is 0. The van der Waals surface area contributed by atoms with Gasteiger partial charge in [-0.1, -0.05) is 12.1 Å². The minimum absolute atomic E-state index is 0.363. The largest absolute Gasteiger partial charge is 0.454 e. The van der Waals surface area contributed by atoms with Crippen LogP contribution >= 0.6 is 0 Å². The van der Waals surface area contributed by atoms with E-state index < -0.39 is 5.97 Å². The van der Waals surface area contributed by atoms with E-state index in [4.69, 9.17) is 9.47 Å². The summed E-state index contributed by atoms with van der Waals surface area (Å²) in [5, 5.41) is 1.74. The van der Waals surface area contributed by atoms with Crippen molar-refractivity contribution in [1.82, 2.24) is 4.98 Å². The first kappa shape index (κ1) is 16.6. The summed E-state index contributed by atoms with van der Waals surface area (Å²) in [6.45, 7) is 3.17. The molecule has 0 saturated carbocycles. The number of ether oxygens (including phenoxy) is 2. The van der Waals surface area contributed by atoms with Crippen molar-refractivity contribution in [2.75, 3.05) is 0 Å². The standard InChI is InChI=1S/C20H17NO4/c1-13(15-7-9-21-10-8-15)24-20(23)18-4-3-17-12-19(25-14(2)22)6-5-16(17)11-18/h3-13H,1-2H3/t13-/m1/s1. The van der Waals surface area contributed by atoms with E-state index in [1.807, 2.05) is 19.1 Å². The molecule has 5 heteroatoms. The Kier molecular flexibility index (Phi) is 4.75. The van der Waals surface area contributed by atoms with E-state index >= 15 is 0 Å². The highest BCUT2D eigenvalue weighted by atomic mass is 16.5. The third-order valence-electron chi connectivity index (χ3n) is 3.77. The maximum atomic E-state index is 12.4. The van der Waals surface area contributed by atoms with Crippen LogP contribution in [0.1, 0.15) is 35.9 Å². The molecule has 0 N–H and O–H groups in total. The minimum atomic E-state index is -0.393. The lowest BCUT2D eigenvalue weighted by molar-refractivity contribution is -0.131. The molecule has 1 heterocycles. The van der Waals surface area contributed by atoms with Gasteiger partial charge in [0.15, 0.2) is 0 Å². The van der Waals surface area contributed by atoms with Gasteiger partial charge in [0.25, 0.3) is 0 Å². The molecule has 1 aromatic heterocycles. The number of esters is 2.